The largest absolute Gasteiger partial charge is 0.467 e. The first-order valence-electron chi connectivity index (χ1n) is 7.49. The molecule has 1 fully saturated rings. The van der Waals surface area contributed by atoms with Crippen molar-refractivity contribution in [3.05, 3.63) is 24.2 Å². The van der Waals surface area contributed by atoms with Gasteiger partial charge in [0.05, 0.1) is 18.9 Å². The molecule has 1 aromatic heterocycles. The number of rotatable bonds is 5. The van der Waals surface area contributed by atoms with E-state index in [0.717, 1.165) is 5.76 Å². The fraction of sp³-hybridized carbons (Fsp3) is 0.600. The molecule has 0 unspecified atom stereocenters. The minimum absolute atomic E-state index is 0.0305. The summed E-state index contributed by atoms with van der Waals surface area (Å²) in [6.07, 6.45) is 1.35. The molecule has 0 radical (unpaired) electrons. The highest BCUT2D eigenvalue weighted by molar-refractivity contribution is 5.76. The van der Waals surface area contributed by atoms with Gasteiger partial charge in [0, 0.05) is 46.1 Å². The van der Waals surface area contributed by atoms with E-state index in [1.54, 1.807) is 17.2 Å². The highest BCUT2D eigenvalue weighted by atomic mass is 16.3. The van der Waals surface area contributed by atoms with E-state index in [2.05, 4.69) is 5.32 Å². The number of β-amino-alcohol motifs (C(OH)–C–C–N with tert-alkyl or cyclic N) is 1. The zero-order chi connectivity index (χ0) is 15.9. The average molecular weight is 309 g/mol. The number of hydrogen-bond acceptors (Lipinski definition) is 5. The molecule has 0 aromatic carbocycles. The van der Waals surface area contributed by atoms with Crippen molar-refractivity contribution in [3.8, 4) is 0 Å². The van der Waals surface area contributed by atoms with Gasteiger partial charge in [-0.1, -0.05) is 0 Å². The van der Waals surface area contributed by atoms with Crippen LogP contribution in [-0.4, -0.2) is 65.5 Å². The molecule has 1 aliphatic heterocycles. The lowest BCUT2D eigenvalue weighted by molar-refractivity contribution is -0.129. The van der Waals surface area contributed by atoms with E-state index in [1.807, 2.05) is 11.0 Å². The lowest BCUT2D eigenvalue weighted by atomic mass is 10.3. The third-order valence-corrected chi connectivity index (χ3v) is 3.73. The van der Waals surface area contributed by atoms with Gasteiger partial charge >= 0.3 is 0 Å². The van der Waals surface area contributed by atoms with Crippen LogP contribution in [0.25, 0.3) is 0 Å². The van der Waals surface area contributed by atoms with Crippen molar-refractivity contribution in [1.82, 2.24) is 15.1 Å². The molecule has 1 saturated heterocycles. The first-order valence-corrected chi connectivity index (χ1v) is 7.49. The van der Waals surface area contributed by atoms with Crippen molar-refractivity contribution in [2.24, 2.45) is 0 Å². The molecule has 0 spiro atoms. The van der Waals surface area contributed by atoms with Gasteiger partial charge in [0.1, 0.15) is 5.76 Å². The number of nitrogens with zero attached hydrogens (tertiary/aromatic N) is 2. The van der Waals surface area contributed by atoms with Gasteiger partial charge in [0.2, 0.25) is 11.8 Å². The molecule has 1 aromatic rings. The molecule has 22 heavy (non-hydrogen) atoms. The van der Waals surface area contributed by atoms with Gasteiger partial charge in [0.25, 0.3) is 0 Å². The summed E-state index contributed by atoms with van der Waals surface area (Å²) >= 11 is 0. The second-order valence-electron chi connectivity index (χ2n) is 5.53. The van der Waals surface area contributed by atoms with E-state index in [0.29, 0.717) is 45.7 Å². The number of furan rings is 1. The Morgan fingerprint density at radius 3 is 2.91 bits per heavy atom. The van der Waals surface area contributed by atoms with Crippen LogP contribution in [-0.2, 0) is 16.1 Å². The van der Waals surface area contributed by atoms with Gasteiger partial charge in [-0.05, 0) is 12.1 Å². The minimum Gasteiger partial charge on any atom is -0.467 e. The predicted molar refractivity (Wildman–Crippen MR) is 79.9 cm³/mol. The van der Waals surface area contributed by atoms with E-state index < -0.39 is 6.10 Å². The summed E-state index contributed by atoms with van der Waals surface area (Å²) in [6, 6.07) is 3.59. The van der Waals surface area contributed by atoms with Crippen molar-refractivity contribution in [2.75, 3.05) is 32.7 Å². The van der Waals surface area contributed by atoms with Crippen molar-refractivity contribution in [2.45, 2.75) is 26.0 Å². The monoisotopic (exact) mass is 309 g/mol. The van der Waals surface area contributed by atoms with Crippen LogP contribution < -0.4 is 5.32 Å². The Balaban J connectivity index is 1.71. The standard InChI is InChI=1S/C15H23N3O4/c1-12(19)18-7-6-17(10-13(20)11-18)5-4-15(21)16-9-14-3-2-8-22-14/h2-3,8,13,20H,4-7,9-11H2,1H3,(H,16,21)/t13-/m0/s1. The molecular formula is C15H23N3O4. The molecule has 0 aliphatic carbocycles. The highest BCUT2D eigenvalue weighted by Crippen LogP contribution is 2.05. The van der Waals surface area contributed by atoms with Crippen LogP contribution in [0.3, 0.4) is 0 Å². The molecule has 7 nitrogen and oxygen atoms in total. The Morgan fingerprint density at radius 2 is 2.23 bits per heavy atom. The van der Waals surface area contributed by atoms with Crippen LogP contribution >= 0.6 is 0 Å². The van der Waals surface area contributed by atoms with Crippen LogP contribution in [0.5, 0.6) is 0 Å². The average Bonchev–Trinajstić information content (AvgIpc) is 2.92. The smallest absolute Gasteiger partial charge is 0.221 e. The number of nitrogens with one attached hydrogen (secondary N) is 1. The zero-order valence-corrected chi connectivity index (χ0v) is 12.8. The van der Waals surface area contributed by atoms with E-state index >= 15 is 0 Å². The molecule has 1 aliphatic rings. The number of aliphatic hydroxyl groups excluding tert-OH is 1. The first-order chi connectivity index (χ1) is 10.5. The molecule has 7 heteroatoms. The van der Waals surface area contributed by atoms with Gasteiger partial charge in [-0.2, -0.15) is 0 Å². The Kier molecular flexibility index (Phi) is 5.97. The number of carbonyl (C=O) groups is 2. The van der Waals surface area contributed by atoms with Crippen LogP contribution in [0.1, 0.15) is 19.1 Å². The Hall–Kier alpha value is -1.86. The van der Waals surface area contributed by atoms with Gasteiger partial charge in [0.15, 0.2) is 0 Å². The number of amides is 2. The normalized spacial score (nSPS) is 19.7. The number of hydrogen-bond donors (Lipinski definition) is 2. The van der Waals surface area contributed by atoms with Crippen molar-refractivity contribution in [3.63, 3.8) is 0 Å². The summed E-state index contributed by atoms with van der Waals surface area (Å²) in [5.41, 5.74) is 0. The van der Waals surface area contributed by atoms with Crippen molar-refractivity contribution in [1.29, 1.82) is 0 Å². The fourth-order valence-corrected chi connectivity index (χ4v) is 2.49. The van der Waals surface area contributed by atoms with Crippen LogP contribution in [0.15, 0.2) is 22.8 Å². The Bertz CT molecular complexity index is 489. The maximum absolute atomic E-state index is 11.8. The second kappa shape index (κ2) is 7.95. The third kappa shape index (κ3) is 5.16. The Labute approximate surface area is 129 Å². The lowest BCUT2D eigenvalue weighted by Gasteiger charge is -2.20. The maximum Gasteiger partial charge on any atom is 0.221 e. The fourth-order valence-electron chi connectivity index (χ4n) is 2.49. The van der Waals surface area contributed by atoms with E-state index in [4.69, 9.17) is 4.42 Å². The predicted octanol–water partition coefficient (Wildman–Crippen LogP) is -0.189. The summed E-state index contributed by atoms with van der Waals surface area (Å²) in [5, 5.41) is 12.7. The molecule has 1 atom stereocenters. The van der Waals surface area contributed by atoms with E-state index in [1.165, 1.54) is 6.92 Å². The summed E-state index contributed by atoms with van der Waals surface area (Å²) in [5.74, 6) is 0.631. The van der Waals surface area contributed by atoms with Crippen LogP contribution in [0, 0.1) is 0 Å². The van der Waals surface area contributed by atoms with Crippen molar-refractivity contribution >= 4 is 11.8 Å². The molecular weight excluding hydrogens is 286 g/mol. The molecule has 122 valence electrons. The SMILES string of the molecule is CC(=O)N1CCN(CCC(=O)NCc2ccco2)C[C@H](O)C1. The summed E-state index contributed by atoms with van der Waals surface area (Å²) in [6.45, 7) is 4.54. The topological polar surface area (TPSA) is 86.0 Å². The first kappa shape index (κ1) is 16.5. The number of carbonyl (C=O) groups excluding carboxylic acids is 2. The van der Waals surface area contributed by atoms with Gasteiger partial charge in [-0.25, -0.2) is 0 Å². The minimum atomic E-state index is -0.572. The van der Waals surface area contributed by atoms with Crippen LogP contribution in [0.2, 0.25) is 0 Å². The summed E-state index contributed by atoms with van der Waals surface area (Å²) in [7, 11) is 0. The molecule has 0 bridgehead atoms. The number of aliphatic hydroxyl groups is 1. The molecule has 2 rings (SSSR count). The van der Waals surface area contributed by atoms with Crippen LogP contribution in [0.4, 0.5) is 0 Å². The molecule has 2 amide bonds. The second-order valence-corrected chi connectivity index (χ2v) is 5.53. The third-order valence-electron chi connectivity index (χ3n) is 3.73. The van der Waals surface area contributed by atoms with Crippen molar-refractivity contribution < 1.29 is 19.1 Å². The van der Waals surface area contributed by atoms with Gasteiger partial charge in [-0.3, -0.25) is 14.5 Å². The highest BCUT2D eigenvalue weighted by Gasteiger charge is 2.22. The Morgan fingerprint density at radius 1 is 1.41 bits per heavy atom. The lowest BCUT2D eigenvalue weighted by Crippen LogP contribution is -2.36. The quantitative estimate of drug-likeness (QED) is 0.787. The summed E-state index contributed by atoms with van der Waals surface area (Å²) in [4.78, 5) is 26.9. The molecule has 0 saturated carbocycles. The van der Waals surface area contributed by atoms with Gasteiger partial charge < -0.3 is 19.7 Å². The van der Waals surface area contributed by atoms with E-state index in [9.17, 15) is 14.7 Å². The summed E-state index contributed by atoms with van der Waals surface area (Å²) < 4.78 is 5.15. The molecule has 2 heterocycles. The zero-order valence-electron chi connectivity index (χ0n) is 12.8. The van der Waals surface area contributed by atoms with Gasteiger partial charge in [-0.15, -0.1) is 0 Å². The molecule has 2 N–H and O–H groups in total. The van der Waals surface area contributed by atoms with E-state index in [-0.39, 0.29) is 11.8 Å². The maximum atomic E-state index is 11.8.